The molecule has 0 spiro atoms. The third kappa shape index (κ3) is 4.23. The lowest BCUT2D eigenvalue weighted by atomic mass is 10.1. The highest BCUT2D eigenvalue weighted by Gasteiger charge is 2.30. The first-order valence-electron chi connectivity index (χ1n) is 4.48. The highest BCUT2D eigenvalue weighted by Crippen LogP contribution is 2.38. The molecule has 0 bridgehead atoms. The number of carbonyl (C=O) groups excluding carboxylic acids is 1. The number of phenolic OH excluding ortho intramolecular Hbond substituents is 1. The minimum atomic E-state index is -4.42. The van der Waals surface area contributed by atoms with Gasteiger partial charge >= 0.3 is 5.51 Å². The van der Waals surface area contributed by atoms with Crippen molar-refractivity contribution in [1.82, 2.24) is 0 Å². The topological polar surface area (TPSA) is 37.3 Å². The van der Waals surface area contributed by atoms with E-state index >= 15 is 0 Å². The Hall–Kier alpha value is -0.690. The summed E-state index contributed by atoms with van der Waals surface area (Å²) in [5, 5.41) is 9.42. The molecule has 1 aromatic rings. The fourth-order valence-electron chi connectivity index (χ4n) is 1.12. The molecule has 1 atom stereocenters. The van der Waals surface area contributed by atoms with E-state index in [0.717, 1.165) is 18.2 Å². The van der Waals surface area contributed by atoms with E-state index in [-0.39, 0.29) is 28.0 Å². The van der Waals surface area contributed by atoms with Crippen molar-refractivity contribution >= 4 is 33.5 Å². The average molecular weight is 329 g/mol. The molecule has 0 saturated carbocycles. The number of thioether (sulfide) groups is 1. The number of benzene rings is 1. The van der Waals surface area contributed by atoms with Crippen molar-refractivity contribution in [1.29, 1.82) is 0 Å². The predicted octanol–water partition coefficient (Wildman–Crippen LogP) is 3.97. The second-order valence-electron chi connectivity index (χ2n) is 3.21. The normalized spacial score (nSPS) is 13.5. The molecule has 7 heteroatoms. The zero-order valence-electron chi connectivity index (χ0n) is 8.58. The smallest absolute Gasteiger partial charge is 0.446 e. The lowest BCUT2D eigenvalue weighted by Gasteiger charge is -2.09. The number of hydrogen-bond acceptors (Lipinski definition) is 3. The molecule has 1 unspecified atom stereocenters. The Morgan fingerprint density at radius 3 is 2.53 bits per heavy atom. The van der Waals surface area contributed by atoms with Crippen LogP contribution in [-0.4, -0.2) is 21.2 Å². The van der Waals surface area contributed by atoms with Crippen molar-refractivity contribution in [3.05, 3.63) is 23.8 Å². The lowest BCUT2D eigenvalue weighted by Crippen LogP contribution is -2.10. The maximum atomic E-state index is 12.1. The third-order valence-corrected chi connectivity index (χ3v) is 2.97. The zero-order valence-corrected chi connectivity index (χ0v) is 11.0. The fraction of sp³-hybridized carbons (Fsp3) is 0.300. The van der Waals surface area contributed by atoms with E-state index in [0.29, 0.717) is 0 Å². The summed E-state index contributed by atoms with van der Waals surface area (Å²) in [6.07, 6.45) is 0. The maximum Gasteiger partial charge on any atom is 0.446 e. The zero-order chi connectivity index (χ0) is 13.2. The van der Waals surface area contributed by atoms with Crippen LogP contribution in [0.2, 0.25) is 0 Å². The van der Waals surface area contributed by atoms with Crippen molar-refractivity contribution in [2.75, 3.05) is 0 Å². The Morgan fingerprint density at radius 1 is 1.47 bits per heavy atom. The van der Waals surface area contributed by atoms with E-state index in [9.17, 15) is 23.1 Å². The average Bonchev–Trinajstić information content (AvgIpc) is 2.17. The SMILES string of the molecule is CC(Br)C(=O)c1cc(SC(F)(F)F)ccc1O. The van der Waals surface area contributed by atoms with Gasteiger partial charge in [0, 0.05) is 4.90 Å². The summed E-state index contributed by atoms with van der Waals surface area (Å²) < 4.78 is 36.4. The van der Waals surface area contributed by atoms with Crippen molar-refractivity contribution in [3.8, 4) is 5.75 Å². The van der Waals surface area contributed by atoms with Crippen LogP contribution in [0.15, 0.2) is 23.1 Å². The number of hydrogen-bond donors (Lipinski definition) is 1. The molecular formula is C10H8BrF3O2S. The van der Waals surface area contributed by atoms with E-state index in [1.807, 2.05) is 0 Å². The first-order chi connectivity index (χ1) is 7.70. The minimum absolute atomic E-state index is 0.122. The number of alkyl halides is 4. The molecule has 2 nitrogen and oxygen atoms in total. The number of rotatable bonds is 3. The number of aromatic hydroxyl groups is 1. The standard InChI is InChI=1S/C10H8BrF3O2S/c1-5(11)9(16)7-4-6(2-3-8(7)15)17-10(12,13)14/h2-5,15H,1H3. The molecular weight excluding hydrogens is 321 g/mol. The van der Waals surface area contributed by atoms with E-state index < -0.39 is 16.1 Å². The van der Waals surface area contributed by atoms with Crippen LogP contribution >= 0.6 is 27.7 Å². The second kappa shape index (κ2) is 5.30. The van der Waals surface area contributed by atoms with Crippen LogP contribution in [0, 0.1) is 0 Å². The largest absolute Gasteiger partial charge is 0.507 e. The Labute approximate surface area is 108 Å². The molecule has 1 aromatic carbocycles. The second-order valence-corrected chi connectivity index (χ2v) is 5.72. The van der Waals surface area contributed by atoms with Gasteiger partial charge in [-0.3, -0.25) is 4.79 Å². The maximum absolute atomic E-state index is 12.1. The summed E-state index contributed by atoms with van der Waals surface area (Å²) in [6.45, 7) is 1.53. The quantitative estimate of drug-likeness (QED) is 0.518. The predicted molar refractivity (Wildman–Crippen MR) is 62.7 cm³/mol. The molecule has 0 fully saturated rings. The summed E-state index contributed by atoms with van der Waals surface area (Å²) in [5.74, 6) is -0.792. The van der Waals surface area contributed by atoms with E-state index in [1.54, 1.807) is 0 Å². The van der Waals surface area contributed by atoms with Crippen LogP contribution in [0.4, 0.5) is 13.2 Å². The van der Waals surface area contributed by atoms with Crippen LogP contribution in [-0.2, 0) is 0 Å². The van der Waals surface area contributed by atoms with Crippen LogP contribution in [0.5, 0.6) is 5.75 Å². The number of halogens is 4. The van der Waals surface area contributed by atoms with Gasteiger partial charge in [0.05, 0.1) is 10.4 Å². The van der Waals surface area contributed by atoms with Gasteiger partial charge in [0.15, 0.2) is 5.78 Å². The molecule has 0 radical (unpaired) electrons. The molecule has 1 rings (SSSR count). The molecule has 0 aliphatic heterocycles. The molecule has 0 aromatic heterocycles. The van der Waals surface area contributed by atoms with Crippen LogP contribution < -0.4 is 0 Å². The summed E-state index contributed by atoms with van der Waals surface area (Å²) in [6, 6.07) is 3.23. The summed E-state index contributed by atoms with van der Waals surface area (Å²) in [4.78, 5) is 10.9. The van der Waals surface area contributed by atoms with Gasteiger partial charge in [-0.1, -0.05) is 15.9 Å². The van der Waals surface area contributed by atoms with Gasteiger partial charge in [-0.2, -0.15) is 13.2 Å². The number of phenols is 1. The molecule has 0 amide bonds. The monoisotopic (exact) mass is 328 g/mol. The first-order valence-corrected chi connectivity index (χ1v) is 6.21. The minimum Gasteiger partial charge on any atom is -0.507 e. The Bertz CT molecular complexity index is 432. The van der Waals surface area contributed by atoms with Crippen LogP contribution in [0.25, 0.3) is 0 Å². The van der Waals surface area contributed by atoms with Crippen molar-refractivity contribution in [2.24, 2.45) is 0 Å². The van der Waals surface area contributed by atoms with Gasteiger partial charge in [-0.05, 0) is 36.9 Å². The number of carbonyl (C=O) groups is 1. The van der Waals surface area contributed by atoms with E-state index in [1.165, 1.54) is 6.92 Å². The summed E-state index contributed by atoms with van der Waals surface area (Å²) >= 11 is 2.68. The Kier molecular flexibility index (Phi) is 4.48. The van der Waals surface area contributed by atoms with Gasteiger partial charge in [0.25, 0.3) is 0 Å². The van der Waals surface area contributed by atoms with Crippen molar-refractivity contribution in [3.63, 3.8) is 0 Å². The molecule has 17 heavy (non-hydrogen) atoms. The van der Waals surface area contributed by atoms with Gasteiger partial charge in [-0.25, -0.2) is 0 Å². The molecule has 0 saturated heterocycles. The molecule has 0 heterocycles. The fourth-order valence-corrected chi connectivity index (χ4v) is 1.95. The molecule has 94 valence electrons. The summed E-state index contributed by atoms with van der Waals surface area (Å²) in [7, 11) is 0. The molecule has 0 aliphatic rings. The molecule has 1 N–H and O–H groups in total. The Balaban J connectivity index is 3.07. The third-order valence-electron chi connectivity index (χ3n) is 1.83. The van der Waals surface area contributed by atoms with E-state index in [4.69, 9.17) is 0 Å². The van der Waals surface area contributed by atoms with Crippen LogP contribution in [0.1, 0.15) is 17.3 Å². The highest BCUT2D eigenvalue weighted by atomic mass is 79.9. The molecule has 0 aliphatic carbocycles. The Morgan fingerprint density at radius 2 is 2.06 bits per heavy atom. The number of ketones is 1. The number of Topliss-reactive ketones (excluding diaryl/α,β-unsaturated/α-hetero) is 1. The van der Waals surface area contributed by atoms with Gasteiger partial charge in [0.2, 0.25) is 0 Å². The first kappa shape index (κ1) is 14.4. The van der Waals surface area contributed by atoms with Crippen LogP contribution in [0.3, 0.4) is 0 Å². The van der Waals surface area contributed by atoms with Gasteiger partial charge in [-0.15, -0.1) is 0 Å². The van der Waals surface area contributed by atoms with E-state index in [2.05, 4.69) is 15.9 Å². The summed E-state index contributed by atoms with van der Waals surface area (Å²) in [5.41, 5.74) is -4.54. The highest BCUT2D eigenvalue weighted by molar-refractivity contribution is 9.10. The van der Waals surface area contributed by atoms with Crippen molar-refractivity contribution < 1.29 is 23.1 Å². The van der Waals surface area contributed by atoms with Crippen molar-refractivity contribution in [2.45, 2.75) is 22.2 Å². The van der Waals surface area contributed by atoms with Gasteiger partial charge in [0.1, 0.15) is 5.75 Å². The van der Waals surface area contributed by atoms with Gasteiger partial charge < -0.3 is 5.11 Å². The lowest BCUT2D eigenvalue weighted by molar-refractivity contribution is -0.0328.